The van der Waals surface area contributed by atoms with Crippen LogP contribution in [0.5, 0.6) is 0 Å². The summed E-state index contributed by atoms with van der Waals surface area (Å²) in [5.41, 5.74) is 7.29. The van der Waals surface area contributed by atoms with Gasteiger partial charge >= 0.3 is 0 Å². The SMILES string of the molecule is N#Cc1c(Nc2ccccc2F)sc(C(=O)c2ccc(-c3ccccn3)s2)c1N. The maximum Gasteiger partial charge on any atom is 0.215 e. The zero-order valence-corrected chi connectivity index (χ0v) is 16.5. The highest BCUT2D eigenvalue weighted by atomic mass is 32.1. The normalized spacial score (nSPS) is 10.5. The van der Waals surface area contributed by atoms with Crippen LogP contribution < -0.4 is 11.1 Å². The van der Waals surface area contributed by atoms with Crippen molar-refractivity contribution in [3.63, 3.8) is 0 Å². The molecule has 0 atom stereocenters. The number of nitrogens with zero attached hydrogens (tertiary/aromatic N) is 2. The van der Waals surface area contributed by atoms with E-state index >= 15 is 0 Å². The number of halogens is 1. The van der Waals surface area contributed by atoms with Crippen molar-refractivity contribution in [2.24, 2.45) is 0 Å². The maximum atomic E-state index is 14.0. The molecule has 0 fully saturated rings. The number of nitrogen functional groups attached to an aromatic ring is 1. The van der Waals surface area contributed by atoms with Crippen LogP contribution in [0, 0.1) is 17.1 Å². The molecule has 0 bridgehead atoms. The summed E-state index contributed by atoms with van der Waals surface area (Å²) in [6, 6.07) is 17.2. The van der Waals surface area contributed by atoms with Crippen molar-refractivity contribution in [3.8, 4) is 16.6 Å². The van der Waals surface area contributed by atoms with Crippen LogP contribution >= 0.6 is 22.7 Å². The van der Waals surface area contributed by atoms with Gasteiger partial charge in [-0.25, -0.2) is 4.39 Å². The van der Waals surface area contributed by atoms with Gasteiger partial charge in [0.25, 0.3) is 0 Å². The van der Waals surface area contributed by atoms with E-state index in [4.69, 9.17) is 5.73 Å². The molecular weight excluding hydrogens is 407 g/mol. The molecule has 0 saturated heterocycles. The van der Waals surface area contributed by atoms with Crippen LogP contribution in [-0.2, 0) is 0 Å². The van der Waals surface area contributed by atoms with Gasteiger partial charge < -0.3 is 11.1 Å². The minimum Gasteiger partial charge on any atom is -0.396 e. The lowest BCUT2D eigenvalue weighted by Crippen LogP contribution is -2.00. The third-order valence-corrected chi connectivity index (χ3v) is 6.36. The molecular formula is C21H13FN4OS2. The first kappa shape index (κ1) is 18.8. The van der Waals surface area contributed by atoms with E-state index < -0.39 is 5.82 Å². The first-order chi connectivity index (χ1) is 14.1. The van der Waals surface area contributed by atoms with E-state index in [1.165, 1.54) is 17.4 Å². The molecule has 0 saturated carbocycles. The lowest BCUT2D eigenvalue weighted by atomic mass is 10.2. The topological polar surface area (TPSA) is 91.8 Å². The van der Waals surface area contributed by atoms with Gasteiger partial charge in [-0.05, 0) is 36.4 Å². The molecule has 3 N–H and O–H groups in total. The molecule has 0 aliphatic carbocycles. The molecule has 0 aliphatic heterocycles. The highest BCUT2D eigenvalue weighted by molar-refractivity contribution is 7.21. The van der Waals surface area contributed by atoms with Crippen molar-refractivity contribution in [1.82, 2.24) is 4.98 Å². The number of aromatic nitrogens is 1. The summed E-state index contributed by atoms with van der Waals surface area (Å²) in [5, 5.41) is 12.7. The summed E-state index contributed by atoms with van der Waals surface area (Å²) in [6.45, 7) is 0. The number of thiophene rings is 2. The number of pyridine rings is 1. The minimum absolute atomic E-state index is 0.0918. The smallest absolute Gasteiger partial charge is 0.215 e. The molecule has 3 aromatic heterocycles. The van der Waals surface area contributed by atoms with Crippen LogP contribution in [-0.4, -0.2) is 10.8 Å². The average molecular weight is 420 g/mol. The predicted molar refractivity (Wildman–Crippen MR) is 114 cm³/mol. The van der Waals surface area contributed by atoms with Crippen molar-refractivity contribution in [2.75, 3.05) is 11.1 Å². The number of hydrogen-bond donors (Lipinski definition) is 2. The fraction of sp³-hybridized carbons (Fsp3) is 0. The van der Waals surface area contributed by atoms with E-state index in [0.29, 0.717) is 9.88 Å². The monoisotopic (exact) mass is 420 g/mol. The van der Waals surface area contributed by atoms with Crippen molar-refractivity contribution < 1.29 is 9.18 Å². The van der Waals surface area contributed by atoms with Crippen LogP contribution in [0.15, 0.2) is 60.8 Å². The quantitative estimate of drug-likeness (QED) is 0.420. The number of benzene rings is 1. The Kier molecular flexibility index (Phi) is 5.08. The number of para-hydroxylation sites is 1. The number of nitrogens with two attached hydrogens (primary N) is 1. The zero-order valence-electron chi connectivity index (χ0n) is 14.8. The van der Waals surface area contributed by atoms with Gasteiger partial charge in [0, 0.05) is 6.20 Å². The van der Waals surface area contributed by atoms with Crippen LogP contribution in [0.2, 0.25) is 0 Å². The zero-order chi connectivity index (χ0) is 20.4. The molecule has 0 amide bonds. The Morgan fingerprint density at radius 2 is 1.90 bits per heavy atom. The fourth-order valence-corrected chi connectivity index (χ4v) is 4.75. The molecule has 0 unspecified atom stereocenters. The number of anilines is 3. The van der Waals surface area contributed by atoms with Crippen LogP contribution in [0.4, 0.5) is 20.8 Å². The maximum absolute atomic E-state index is 14.0. The highest BCUT2D eigenvalue weighted by Gasteiger charge is 2.24. The fourth-order valence-electron chi connectivity index (χ4n) is 2.71. The lowest BCUT2D eigenvalue weighted by molar-refractivity contribution is 0.104. The summed E-state index contributed by atoms with van der Waals surface area (Å²) in [4.78, 5) is 18.9. The standard InChI is InChI=1S/C21H13FN4OS2/c22-13-5-1-2-6-14(13)26-21-12(11-23)18(24)20(29-21)19(27)17-9-8-16(28-17)15-7-3-4-10-25-15/h1-10,26H,24H2. The number of hydrogen-bond acceptors (Lipinski definition) is 7. The van der Waals surface area contributed by atoms with Crippen LogP contribution in [0.1, 0.15) is 20.1 Å². The third-order valence-electron chi connectivity index (χ3n) is 4.13. The van der Waals surface area contributed by atoms with E-state index in [2.05, 4.69) is 10.3 Å². The molecule has 0 spiro atoms. The highest BCUT2D eigenvalue weighted by Crippen LogP contribution is 2.39. The van der Waals surface area contributed by atoms with Gasteiger partial charge in [-0.2, -0.15) is 5.26 Å². The summed E-state index contributed by atoms with van der Waals surface area (Å²) < 4.78 is 14.0. The molecule has 0 aliphatic rings. The van der Waals surface area contributed by atoms with Gasteiger partial charge in [0.2, 0.25) is 5.78 Å². The van der Waals surface area contributed by atoms with Gasteiger partial charge in [-0.1, -0.05) is 18.2 Å². The second-order valence-electron chi connectivity index (χ2n) is 5.97. The Labute approximate surface area is 173 Å². The first-order valence-electron chi connectivity index (χ1n) is 8.48. The molecule has 142 valence electrons. The molecule has 3 heterocycles. The van der Waals surface area contributed by atoms with Gasteiger partial charge in [0.1, 0.15) is 27.3 Å². The Hall–Kier alpha value is -3.54. The van der Waals surface area contributed by atoms with Crippen LogP contribution in [0.3, 0.4) is 0 Å². The second-order valence-corrected chi connectivity index (χ2v) is 8.08. The van der Waals surface area contributed by atoms with E-state index in [1.54, 1.807) is 30.5 Å². The Morgan fingerprint density at radius 1 is 1.10 bits per heavy atom. The van der Waals surface area contributed by atoms with Crippen molar-refractivity contribution in [2.45, 2.75) is 0 Å². The summed E-state index contributed by atoms with van der Waals surface area (Å²) >= 11 is 2.34. The second kappa shape index (κ2) is 7.83. The average Bonchev–Trinajstić information content (AvgIpc) is 3.35. The van der Waals surface area contributed by atoms with Gasteiger partial charge in [0.15, 0.2) is 0 Å². The molecule has 29 heavy (non-hydrogen) atoms. The van der Waals surface area contributed by atoms with Gasteiger partial charge in [0.05, 0.1) is 26.8 Å². The number of carbonyl (C=O) groups excluding carboxylic acids is 1. The number of nitrogens with one attached hydrogen (secondary N) is 1. The number of rotatable bonds is 5. The molecule has 4 aromatic rings. The summed E-state index contributed by atoms with van der Waals surface area (Å²) in [7, 11) is 0. The third kappa shape index (κ3) is 3.61. The van der Waals surface area contributed by atoms with Crippen molar-refractivity contribution >= 4 is 44.8 Å². The Balaban J connectivity index is 1.68. The first-order valence-corrected chi connectivity index (χ1v) is 10.1. The molecule has 4 rings (SSSR count). The molecule has 0 radical (unpaired) electrons. The van der Waals surface area contributed by atoms with Crippen LogP contribution in [0.25, 0.3) is 10.6 Å². The van der Waals surface area contributed by atoms with Gasteiger partial charge in [-0.15, -0.1) is 22.7 Å². The Morgan fingerprint density at radius 3 is 2.62 bits per heavy atom. The Bertz CT molecular complexity index is 1240. The molecule has 1 aromatic carbocycles. The number of carbonyl (C=O) groups is 1. The van der Waals surface area contributed by atoms with E-state index in [0.717, 1.165) is 21.9 Å². The summed E-state index contributed by atoms with van der Waals surface area (Å²) in [5.74, 6) is -0.743. The van der Waals surface area contributed by atoms with E-state index in [1.807, 2.05) is 30.3 Å². The predicted octanol–water partition coefficient (Wildman–Crippen LogP) is 5.44. The lowest BCUT2D eigenvalue weighted by Gasteiger charge is -2.04. The number of nitriles is 1. The minimum atomic E-state index is -0.463. The van der Waals surface area contributed by atoms with E-state index in [-0.39, 0.29) is 27.6 Å². The van der Waals surface area contributed by atoms with E-state index in [9.17, 15) is 14.4 Å². The van der Waals surface area contributed by atoms with Gasteiger partial charge in [-0.3, -0.25) is 9.78 Å². The van der Waals surface area contributed by atoms with Crippen molar-refractivity contribution in [1.29, 1.82) is 5.26 Å². The largest absolute Gasteiger partial charge is 0.396 e. The number of ketones is 1. The molecule has 8 heteroatoms. The summed E-state index contributed by atoms with van der Waals surface area (Å²) in [6.07, 6.45) is 1.69. The van der Waals surface area contributed by atoms with Crippen molar-refractivity contribution in [3.05, 3.63) is 81.9 Å². The molecule has 5 nitrogen and oxygen atoms in total.